The van der Waals surface area contributed by atoms with Crippen molar-refractivity contribution in [3.05, 3.63) is 41.7 Å². The van der Waals surface area contributed by atoms with E-state index < -0.39 is 0 Å². The Bertz CT molecular complexity index is 640. The van der Waals surface area contributed by atoms with Crippen molar-refractivity contribution in [3.63, 3.8) is 0 Å². The zero-order chi connectivity index (χ0) is 15.9. The lowest BCUT2D eigenvalue weighted by Crippen LogP contribution is -2.28. The number of thioether (sulfide) groups is 1. The third kappa shape index (κ3) is 4.35. The van der Waals surface area contributed by atoms with Crippen LogP contribution in [0.3, 0.4) is 0 Å². The topological polar surface area (TPSA) is 56.1 Å². The van der Waals surface area contributed by atoms with Gasteiger partial charge in [-0.3, -0.25) is 9.36 Å². The summed E-state index contributed by atoms with van der Waals surface area (Å²) in [7, 11) is 1.61. The molecule has 0 aliphatic heterocycles. The second-order valence-corrected chi connectivity index (χ2v) is 5.94. The highest BCUT2D eigenvalue weighted by Crippen LogP contribution is 2.23. The van der Waals surface area contributed by atoms with E-state index in [1.165, 1.54) is 22.9 Å². The highest BCUT2D eigenvalue weighted by molar-refractivity contribution is 7.99. The minimum Gasteiger partial charge on any atom is -0.383 e. The summed E-state index contributed by atoms with van der Waals surface area (Å²) in [5, 5.41) is 3.62. The summed E-state index contributed by atoms with van der Waals surface area (Å²) in [4.78, 5) is 16.1. The van der Waals surface area contributed by atoms with Crippen LogP contribution in [0.15, 0.2) is 35.7 Å². The van der Waals surface area contributed by atoms with Gasteiger partial charge in [0.15, 0.2) is 5.16 Å². The molecule has 118 valence electrons. The van der Waals surface area contributed by atoms with Crippen LogP contribution in [0.25, 0.3) is 5.69 Å². The smallest absolute Gasteiger partial charge is 0.230 e. The first-order chi connectivity index (χ1) is 10.6. The van der Waals surface area contributed by atoms with Crippen LogP contribution in [0.4, 0.5) is 0 Å². The molecular weight excluding hydrogens is 298 g/mol. The summed E-state index contributed by atoms with van der Waals surface area (Å²) in [6.45, 7) is 5.20. The summed E-state index contributed by atoms with van der Waals surface area (Å²) >= 11 is 1.43. The Morgan fingerprint density at radius 3 is 2.95 bits per heavy atom. The van der Waals surface area contributed by atoms with Crippen molar-refractivity contribution in [2.24, 2.45) is 0 Å². The molecule has 0 aliphatic rings. The molecular formula is C16H21N3O2S. The van der Waals surface area contributed by atoms with E-state index in [1.807, 2.05) is 10.8 Å². The number of methoxy groups -OCH3 is 1. The van der Waals surface area contributed by atoms with E-state index in [2.05, 4.69) is 42.3 Å². The number of imidazole rings is 1. The summed E-state index contributed by atoms with van der Waals surface area (Å²) in [5.74, 6) is 0.322. The normalized spacial score (nSPS) is 10.7. The monoisotopic (exact) mass is 319 g/mol. The van der Waals surface area contributed by atoms with Gasteiger partial charge in [-0.25, -0.2) is 4.98 Å². The van der Waals surface area contributed by atoms with Crippen molar-refractivity contribution >= 4 is 17.7 Å². The Kier molecular flexibility index (Phi) is 6.03. The second-order valence-electron chi connectivity index (χ2n) is 5.00. The van der Waals surface area contributed by atoms with Crippen LogP contribution in [0, 0.1) is 13.8 Å². The molecule has 6 heteroatoms. The number of hydrogen-bond donors (Lipinski definition) is 1. The predicted octanol–water partition coefficient (Wildman–Crippen LogP) is 2.34. The summed E-state index contributed by atoms with van der Waals surface area (Å²) < 4.78 is 6.92. The molecule has 1 aromatic carbocycles. The molecule has 2 aromatic rings. The number of carbonyl (C=O) groups is 1. The van der Waals surface area contributed by atoms with E-state index in [-0.39, 0.29) is 5.91 Å². The number of aromatic nitrogens is 2. The molecule has 0 unspecified atom stereocenters. The Hall–Kier alpha value is -1.79. The lowest BCUT2D eigenvalue weighted by molar-refractivity contribution is -0.118. The van der Waals surface area contributed by atoms with Crippen LogP contribution in [0.1, 0.15) is 11.1 Å². The van der Waals surface area contributed by atoms with E-state index >= 15 is 0 Å². The van der Waals surface area contributed by atoms with Gasteiger partial charge >= 0.3 is 0 Å². The molecule has 5 nitrogen and oxygen atoms in total. The summed E-state index contributed by atoms with van der Waals surface area (Å²) in [5.41, 5.74) is 3.50. The number of aryl methyl sites for hydroxylation is 2. The molecule has 0 spiro atoms. The van der Waals surface area contributed by atoms with Gasteiger partial charge in [-0.1, -0.05) is 29.5 Å². The van der Waals surface area contributed by atoms with Gasteiger partial charge in [0.05, 0.1) is 18.0 Å². The number of nitrogens with zero attached hydrogens (tertiary/aromatic N) is 2. The van der Waals surface area contributed by atoms with Crippen molar-refractivity contribution in [2.45, 2.75) is 19.0 Å². The van der Waals surface area contributed by atoms with Crippen LogP contribution in [0.2, 0.25) is 0 Å². The lowest BCUT2D eigenvalue weighted by atomic mass is 10.1. The molecule has 0 bridgehead atoms. The number of hydrogen-bond acceptors (Lipinski definition) is 4. The van der Waals surface area contributed by atoms with Crippen LogP contribution < -0.4 is 5.32 Å². The third-order valence-electron chi connectivity index (χ3n) is 3.18. The van der Waals surface area contributed by atoms with E-state index in [1.54, 1.807) is 13.3 Å². The number of rotatable bonds is 7. The molecule has 0 saturated heterocycles. The van der Waals surface area contributed by atoms with Crippen LogP contribution in [0.5, 0.6) is 0 Å². The quantitative estimate of drug-likeness (QED) is 0.629. The summed E-state index contributed by atoms with van der Waals surface area (Å²) in [6, 6.07) is 6.30. The van der Waals surface area contributed by atoms with Gasteiger partial charge in [0.2, 0.25) is 5.91 Å². The Morgan fingerprint density at radius 1 is 1.41 bits per heavy atom. The minimum absolute atomic E-state index is 0.0165. The standard InChI is InChI=1S/C16H21N3O2S/c1-12-4-5-14(13(2)10-12)19-8-6-18-16(19)22-11-15(20)17-7-9-21-3/h4-6,8,10H,7,9,11H2,1-3H3,(H,17,20). The first kappa shape index (κ1) is 16.6. The first-order valence-electron chi connectivity index (χ1n) is 7.11. The molecule has 0 saturated carbocycles. The maximum atomic E-state index is 11.7. The average Bonchev–Trinajstić information content (AvgIpc) is 2.93. The van der Waals surface area contributed by atoms with Crippen LogP contribution in [-0.4, -0.2) is 41.5 Å². The van der Waals surface area contributed by atoms with Crippen molar-refractivity contribution in [3.8, 4) is 5.69 Å². The largest absolute Gasteiger partial charge is 0.383 e. The number of amides is 1. The van der Waals surface area contributed by atoms with Crippen molar-refractivity contribution in [1.29, 1.82) is 0 Å². The highest BCUT2D eigenvalue weighted by atomic mass is 32.2. The number of nitrogens with one attached hydrogen (secondary N) is 1. The molecule has 22 heavy (non-hydrogen) atoms. The predicted molar refractivity (Wildman–Crippen MR) is 88.6 cm³/mol. The maximum absolute atomic E-state index is 11.7. The zero-order valence-electron chi connectivity index (χ0n) is 13.1. The number of carbonyl (C=O) groups excluding carboxylic acids is 1. The second kappa shape index (κ2) is 8.00. The molecule has 2 rings (SSSR count). The van der Waals surface area contributed by atoms with Gasteiger partial charge in [-0.05, 0) is 25.5 Å². The summed E-state index contributed by atoms with van der Waals surface area (Å²) in [6.07, 6.45) is 3.67. The fraction of sp³-hybridized carbons (Fsp3) is 0.375. The molecule has 1 N–H and O–H groups in total. The van der Waals surface area contributed by atoms with Crippen molar-refractivity contribution < 1.29 is 9.53 Å². The molecule has 1 aromatic heterocycles. The molecule has 0 fully saturated rings. The van der Waals surface area contributed by atoms with Gasteiger partial charge in [-0.2, -0.15) is 0 Å². The minimum atomic E-state index is -0.0165. The van der Waals surface area contributed by atoms with Gasteiger partial charge in [0.25, 0.3) is 0 Å². The number of ether oxygens (including phenoxy) is 1. The Morgan fingerprint density at radius 2 is 2.23 bits per heavy atom. The Balaban J connectivity index is 2.02. The van der Waals surface area contributed by atoms with Gasteiger partial charge in [-0.15, -0.1) is 0 Å². The third-order valence-corrected chi connectivity index (χ3v) is 4.15. The van der Waals surface area contributed by atoms with E-state index in [0.717, 1.165) is 10.8 Å². The van der Waals surface area contributed by atoms with Gasteiger partial charge in [0.1, 0.15) is 0 Å². The fourth-order valence-corrected chi connectivity index (χ4v) is 2.93. The van der Waals surface area contributed by atoms with E-state index in [9.17, 15) is 4.79 Å². The Labute approximate surface area is 135 Å². The van der Waals surface area contributed by atoms with Crippen molar-refractivity contribution in [1.82, 2.24) is 14.9 Å². The van der Waals surface area contributed by atoms with Gasteiger partial charge in [0, 0.05) is 26.0 Å². The molecule has 0 radical (unpaired) electrons. The molecule has 1 amide bonds. The molecule has 0 atom stereocenters. The fourth-order valence-electron chi connectivity index (χ4n) is 2.13. The number of benzene rings is 1. The zero-order valence-corrected chi connectivity index (χ0v) is 13.9. The van der Waals surface area contributed by atoms with Crippen LogP contribution in [-0.2, 0) is 9.53 Å². The van der Waals surface area contributed by atoms with E-state index in [0.29, 0.717) is 18.9 Å². The highest BCUT2D eigenvalue weighted by Gasteiger charge is 2.10. The SMILES string of the molecule is COCCNC(=O)CSc1nccn1-c1ccc(C)cc1C. The van der Waals surface area contributed by atoms with Crippen LogP contribution >= 0.6 is 11.8 Å². The van der Waals surface area contributed by atoms with Gasteiger partial charge < -0.3 is 10.1 Å². The molecule has 1 heterocycles. The first-order valence-corrected chi connectivity index (χ1v) is 8.10. The lowest BCUT2D eigenvalue weighted by Gasteiger charge is -2.11. The maximum Gasteiger partial charge on any atom is 0.230 e. The van der Waals surface area contributed by atoms with E-state index in [4.69, 9.17) is 4.74 Å². The van der Waals surface area contributed by atoms with Crippen molar-refractivity contribution in [2.75, 3.05) is 26.0 Å². The molecule has 0 aliphatic carbocycles. The average molecular weight is 319 g/mol.